The van der Waals surface area contributed by atoms with Crippen LogP contribution in [0.4, 0.5) is 0 Å². The van der Waals surface area contributed by atoms with Crippen molar-refractivity contribution < 1.29 is 9.59 Å². The Bertz CT molecular complexity index is 232. The van der Waals surface area contributed by atoms with Gasteiger partial charge < -0.3 is 11.1 Å². The standard InChI is InChI=1S/C10H18N2O2/c1-2-5-8(13)12-10(9(11)14)6-3-4-7-10/h2-7H2,1H3,(H2,11,14)(H,12,13). The molecular weight excluding hydrogens is 180 g/mol. The molecule has 1 rings (SSSR count). The fourth-order valence-electron chi connectivity index (χ4n) is 1.97. The highest BCUT2D eigenvalue weighted by atomic mass is 16.2. The van der Waals surface area contributed by atoms with Crippen LogP contribution in [-0.2, 0) is 9.59 Å². The zero-order valence-corrected chi connectivity index (χ0v) is 8.64. The summed E-state index contributed by atoms with van der Waals surface area (Å²) in [6, 6.07) is 0. The van der Waals surface area contributed by atoms with Crippen LogP contribution in [0.3, 0.4) is 0 Å². The molecule has 0 saturated heterocycles. The minimum absolute atomic E-state index is 0.0619. The average Bonchev–Trinajstić information content (AvgIpc) is 2.54. The lowest BCUT2D eigenvalue weighted by molar-refractivity contribution is -0.131. The van der Waals surface area contributed by atoms with Gasteiger partial charge in [-0.2, -0.15) is 0 Å². The molecule has 0 aliphatic heterocycles. The summed E-state index contributed by atoms with van der Waals surface area (Å²) in [7, 11) is 0. The lowest BCUT2D eigenvalue weighted by Gasteiger charge is -2.26. The third-order valence-electron chi connectivity index (χ3n) is 2.78. The van der Waals surface area contributed by atoms with Crippen molar-refractivity contribution in [2.45, 2.75) is 51.0 Å². The molecule has 0 radical (unpaired) electrons. The molecule has 80 valence electrons. The maximum atomic E-state index is 11.4. The minimum Gasteiger partial charge on any atom is -0.368 e. The van der Waals surface area contributed by atoms with Crippen molar-refractivity contribution in [3.63, 3.8) is 0 Å². The predicted molar refractivity (Wildman–Crippen MR) is 53.4 cm³/mol. The normalized spacial score (nSPS) is 19.2. The number of carbonyl (C=O) groups is 2. The Labute approximate surface area is 84.2 Å². The highest BCUT2D eigenvalue weighted by Crippen LogP contribution is 2.29. The monoisotopic (exact) mass is 198 g/mol. The molecule has 4 heteroatoms. The molecule has 0 heterocycles. The maximum absolute atomic E-state index is 11.4. The van der Waals surface area contributed by atoms with Crippen LogP contribution in [0.2, 0.25) is 0 Å². The summed E-state index contributed by atoms with van der Waals surface area (Å²) >= 11 is 0. The first-order chi connectivity index (χ1) is 6.60. The number of hydrogen-bond acceptors (Lipinski definition) is 2. The van der Waals surface area contributed by atoms with E-state index in [-0.39, 0.29) is 11.8 Å². The van der Waals surface area contributed by atoms with Gasteiger partial charge in [-0.05, 0) is 19.3 Å². The van der Waals surface area contributed by atoms with Crippen LogP contribution in [0.1, 0.15) is 45.4 Å². The second-order valence-corrected chi connectivity index (χ2v) is 3.95. The Morgan fingerprint density at radius 1 is 1.36 bits per heavy atom. The smallest absolute Gasteiger partial charge is 0.243 e. The van der Waals surface area contributed by atoms with E-state index in [0.29, 0.717) is 19.3 Å². The number of primary amides is 1. The van der Waals surface area contributed by atoms with Crippen molar-refractivity contribution in [3.8, 4) is 0 Å². The third-order valence-corrected chi connectivity index (χ3v) is 2.78. The molecule has 0 bridgehead atoms. The van der Waals surface area contributed by atoms with Crippen molar-refractivity contribution >= 4 is 11.8 Å². The predicted octanol–water partition coefficient (Wildman–Crippen LogP) is 0.701. The van der Waals surface area contributed by atoms with Crippen molar-refractivity contribution in [1.29, 1.82) is 0 Å². The van der Waals surface area contributed by atoms with Crippen LogP contribution >= 0.6 is 0 Å². The summed E-state index contributed by atoms with van der Waals surface area (Å²) < 4.78 is 0. The van der Waals surface area contributed by atoms with E-state index in [2.05, 4.69) is 5.32 Å². The average molecular weight is 198 g/mol. The summed E-state index contributed by atoms with van der Waals surface area (Å²) in [5.74, 6) is -0.451. The van der Waals surface area contributed by atoms with E-state index in [9.17, 15) is 9.59 Å². The van der Waals surface area contributed by atoms with E-state index in [0.717, 1.165) is 19.3 Å². The Hall–Kier alpha value is -1.06. The first-order valence-electron chi connectivity index (χ1n) is 5.21. The van der Waals surface area contributed by atoms with Gasteiger partial charge in [-0.15, -0.1) is 0 Å². The largest absolute Gasteiger partial charge is 0.368 e. The van der Waals surface area contributed by atoms with E-state index in [1.54, 1.807) is 0 Å². The molecule has 0 aromatic heterocycles. The number of carbonyl (C=O) groups excluding carboxylic acids is 2. The fourth-order valence-corrected chi connectivity index (χ4v) is 1.97. The van der Waals surface area contributed by atoms with Crippen LogP contribution in [0, 0.1) is 0 Å². The lowest BCUT2D eigenvalue weighted by Crippen LogP contribution is -2.55. The zero-order valence-electron chi connectivity index (χ0n) is 8.64. The first kappa shape index (κ1) is 11.0. The van der Waals surface area contributed by atoms with Gasteiger partial charge in [0, 0.05) is 6.42 Å². The van der Waals surface area contributed by atoms with E-state index in [1.807, 2.05) is 6.92 Å². The van der Waals surface area contributed by atoms with Gasteiger partial charge in [-0.1, -0.05) is 19.8 Å². The first-order valence-corrected chi connectivity index (χ1v) is 5.21. The molecule has 0 spiro atoms. The molecule has 3 N–H and O–H groups in total. The quantitative estimate of drug-likeness (QED) is 0.698. The van der Waals surface area contributed by atoms with Crippen molar-refractivity contribution in [3.05, 3.63) is 0 Å². The molecule has 1 saturated carbocycles. The van der Waals surface area contributed by atoms with E-state index >= 15 is 0 Å². The highest BCUT2D eigenvalue weighted by molar-refractivity contribution is 5.90. The summed E-state index contributed by atoms with van der Waals surface area (Å²) in [5, 5.41) is 2.78. The van der Waals surface area contributed by atoms with Gasteiger partial charge in [0.05, 0.1) is 0 Å². The molecule has 1 fully saturated rings. The summed E-state index contributed by atoms with van der Waals surface area (Å²) in [6.45, 7) is 1.94. The fraction of sp³-hybridized carbons (Fsp3) is 0.800. The topological polar surface area (TPSA) is 72.2 Å². The van der Waals surface area contributed by atoms with Gasteiger partial charge >= 0.3 is 0 Å². The van der Waals surface area contributed by atoms with Crippen molar-refractivity contribution in [1.82, 2.24) is 5.32 Å². The molecule has 1 aliphatic carbocycles. The van der Waals surface area contributed by atoms with Gasteiger partial charge in [0.2, 0.25) is 11.8 Å². The van der Waals surface area contributed by atoms with Crippen LogP contribution in [0.25, 0.3) is 0 Å². The third kappa shape index (κ3) is 2.25. The molecule has 4 nitrogen and oxygen atoms in total. The molecule has 1 aliphatic rings. The Morgan fingerprint density at radius 2 is 1.93 bits per heavy atom. The second kappa shape index (κ2) is 4.44. The van der Waals surface area contributed by atoms with Gasteiger partial charge in [0.25, 0.3) is 0 Å². The van der Waals surface area contributed by atoms with Gasteiger partial charge in [0.1, 0.15) is 5.54 Å². The molecule has 14 heavy (non-hydrogen) atoms. The van der Waals surface area contributed by atoms with E-state index < -0.39 is 5.54 Å². The van der Waals surface area contributed by atoms with Gasteiger partial charge in [0.15, 0.2) is 0 Å². The number of nitrogens with one attached hydrogen (secondary N) is 1. The lowest BCUT2D eigenvalue weighted by atomic mass is 9.96. The van der Waals surface area contributed by atoms with Crippen LogP contribution < -0.4 is 11.1 Å². The van der Waals surface area contributed by atoms with E-state index in [4.69, 9.17) is 5.73 Å². The number of hydrogen-bond donors (Lipinski definition) is 2. The minimum atomic E-state index is -0.744. The summed E-state index contributed by atoms with van der Waals surface area (Å²) in [5.41, 5.74) is 4.58. The number of amides is 2. The molecular formula is C10H18N2O2. The Kier molecular flexibility index (Phi) is 3.49. The molecule has 2 amide bonds. The molecule has 0 unspecified atom stereocenters. The molecule has 0 atom stereocenters. The SMILES string of the molecule is CCCC(=O)NC1(C(N)=O)CCCC1. The van der Waals surface area contributed by atoms with Gasteiger partial charge in [-0.25, -0.2) is 0 Å². The Morgan fingerprint density at radius 3 is 2.36 bits per heavy atom. The van der Waals surface area contributed by atoms with Crippen molar-refractivity contribution in [2.24, 2.45) is 5.73 Å². The second-order valence-electron chi connectivity index (χ2n) is 3.95. The van der Waals surface area contributed by atoms with Crippen LogP contribution in [0.5, 0.6) is 0 Å². The zero-order chi connectivity index (χ0) is 10.6. The summed E-state index contributed by atoms with van der Waals surface area (Å²) in [6.07, 6.45) is 4.58. The number of nitrogens with two attached hydrogens (primary N) is 1. The highest BCUT2D eigenvalue weighted by Gasteiger charge is 2.40. The van der Waals surface area contributed by atoms with E-state index in [1.165, 1.54) is 0 Å². The van der Waals surface area contributed by atoms with Crippen LogP contribution in [-0.4, -0.2) is 17.4 Å². The van der Waals surface area contributed by atoms with Crippen LogP contribution in [0.15, 0.2) is 0 Å². The van der Waals surface area contributed by atoms with Crippen molar-refractivity contribution in [2.75, 3.05) is 0 Å². The summed E-state index contributed by atoms with van der Waals surface area (Å²) in [4.78, 5) is 22.7. The molecule has 0 aromatic rings. The molecule has 0 aromatic carbocycles. The maximum Gasteiger partial charge on any atom is 0.243 e. The van der Waals surface area contributed by atoms with Gasteiger partial charge in [-0.3, -0.25) is 9.59 Å². The Balaban J connectivity index is 2.60. The number of rotatable bonds is 4.